The summed E-state index contributed by atoms with van der Waals surface area (Å²) in [7, 11) is -6.72. The highest BCUT2D eigenvalue weighted by atomic mass is 32.2. The van der Waals surface area contributed by atoms with E-state index in [-0.39, 0.29) is 31.2 Å². The summed E-state index contributed by atoms with van der Waals surface area (Å²) in [5.41, 5.74) is 0.804. The molecule has 0 radical (unpaired) electrons. The summed E-state index contributed by atoms with van der Waals surface area (Å²) in [6, 6.07) is 15.6. The van der Waals surface area contributed by atoms with Crippen molar-refractivity contribution in [2.45, 2.75) is 45.7 Å². The lowest BCUT2D eigenvalue weighted by molar-refractivity contribution is 0.137. The van der Waals surface area contributed by atoms with E-state index in [1.165, 1.54) is 7.11 Å². The first-order valence-electron chi connectivity index (χ1n) is 11.1. The number of nitrogens with one attached hydrogen (secondary N) is 1. The summed E-state index contributed by atoms with van der Waals surface area (Å²) in [5, 5.41) is 2.40. The molecule has 0 fully saturated rings. The molecule has 11 heteroatoms. The Bertz CT molecular complexity index is 1120. The minimum atomic E-state index is -4.16. The van der Waals surface area contributed by atoms with Gasteiger partial charge >= 0.3 is 6.09 Å². The van der Waals surface area contributed by atoms with Crippen molar-refractivity contribution in [2.24, 2.45) is 5.41 Å². The molecule has 0 bridgehead atoms. The number of hydrogen-bond acceptors (Lipinski definition) is 7. The number of methoxy groups -OCH3 is 1. The van der Waals surface area contributed by atoms with Crippen LogP contribution in [0.25, 0.3) is 0 Å². The number of para-hydroxylation sites is 1. The second-order valence-electron chi connectivity index (χ2n) is 9.32. The third kappa shape index (κ3) is 10.4. The van der Waals surface area contributed by atoms with Crippen LogP contribution in [0, 0.1) is 5.41 Å². The minimum Gasteiger partial charge on any atom is -0.496 e. The van der Waals surface area contributed by atoms with E-state index in [9.17, 15) is 22.7 Å². The Hall–Kier alpha value is -2.39. The van der Waals surface area contributed by atoms with E-state index in [2.05, 4.69) is 5.32 Å². The van der Waals surface area contributed by atoms with Crippen molar-refractivity contribution in [2.75, 3.05) is 19.5 Å². The zero-order valence-corrected chi connectivity index (χ0v) is 22.2. The monoisotopic (exact) mass is 527 g/mol. The molecule has 0 heterocycles. The highest BCUT2D eigenvalue weighted by Gasteiger charge is 2.35. The van der Waals surface area contributed by atoms with Crippen LogP contribution in [0.4, 0.5) is 4.79 Å². The molecular weight excluding hydrogens is 493 g/mol. The molecule has 2 unspecified atom stereocenters. The fourth-order valence-corrected chi connectivity index (χ4v) is 6.20. The van der Waals surface area contributed by atoms with Crippen molar-refractivity contribution < 1.29 is 36.3 Å². The van der Waals surface area contributed by atoms with Crippen molar-refractivity contribution in [3.63, 3.8) is 0 Å². The zero-order valence-electron chi connectivity index (χ0n) is 20.5. The largest absolute Gasteiger partial charge is 0.496 e. The van der Waals surface area contributed by atoms with E-state index < -0.39 is 35.1 Å². The molecule has 0 aliphatic heterocycles. The number of carbonyl (C=O) groups excluding carboxylic acids is 1. The van der Waals surface area contributed by atoms with Gasteiger partial charge in [-0.25, -0.2) is 4.79 Å². The molecule has 2 N–H and O–H groups in total. The van der Waals surface area contributed by atoms with Crippen LogP contribution in [0.3, 0.4) is 0 Å². The SMILES string of the molecule is COc1ccccc1CP(=O)(O)C(CCS(=O)(=O)OCC(C)(C)C)NC(=O)OCc1ccccc1. The van der Waals surface area contributed by atoms with Crippen LogP contribution in [0.1, 0.15) is 38.3 Å². The predicted octanol–water partition coefficient (Wildman–Crippen LogP) is 4.50. The summed E-state index contributed by atoms with van der Waals surface area (Å²) in [4.78, 5) is 23.4. The zero-order chi connectivity index (χ0) is 26.1. The molecule has 0 aliphatic rings. The van der Waals surface area contributed by atoms with E-state index in [0.717, 1.165) is 5.56 Å². The minimum absolute atomic E-state index is 0.0372. The van der Waals surface area contributed by atoms with Gasteiger partial charge in [0.05, 0.1) is 25.6 Å². The molecule has 0 aromatic heterocycles. The van der Waals surface area contributed by atoms with Gasteiger partial charge in [-0.1, -0.05) is 69.3 Å². The number of ether oxygens (including phenoxy) is 2. The summed E-state index contributed by atoms with van der Waals surface area (Å²) in [5.74, 6) is -1.53. The van der Waals surface area contributed by atoms with Crippen LogP contribution in [0.15, 0.2) is 54.6 Å². The maximum atomic E-state index is 13.4. The van der Waals surface area contributed by atoms with Gasteiger partial charge in [-0.15, -0.1) is 0 Å². The number of rotatable bonds is 12. The van der Waals surface area contributed by atoms with Gasteiger partial charge in [0.15, 0.2) is 0 Å². The van der Waals surface area contributed by atoms with Crippen molar-refractivity contribution >= 4 is 23.6 Å². The first-order chi connectivity index (χ1) is 16.3. The third-order valence-electron chi connectivity index (χ3n) is 4.89. The number of benzene rings is 2. The van der Waals surface area contributed by atoms with Gasteiger partial charge in [0, 0.05) is 5.56 Å². The Kier molecular flexibility index (Phi) is 10.3. The number of hydrogen-bond donors (Lipinski definition) is 2. The van der Waals surface area contributed by atoms with Crippen LogP contribution in [-0.2, 0) is 36.4 Å². The van der Waals surface area contributed by atoms with Crippen LogP contribution in [0.5, 0.6) is 5.75 Å². The standard InChI is InChI=1S/C24H34NO8PS/c1-24(2,3)18-33-35(29,30)15-14-22(25-23(26)32-16-19-10-6-5-7-11-19)34(27,28)17-20-12-8-9-13-21(20)31-4/h5-13,22H,14-18H2,1-4H3,(H,25,26)(H,27,28). The molecule has 0 saturated carbocycles. The average molecular weight is 528 g/mol. The summed E-state index contributed by atoms with van der Waals surface area (Å²) in [6.07, 6.45) is -1.60. The first-order valence-corrected chi connectivity index (χ1v) is 14.6. The van der Waals surface area contributed by atoms with Gasteiger partial charge in [0.1, 0.15) is 18.1 Å². The summed E-state index contributed by atoms with van der Waals surface area (Å²) < 4.78 is 53.7. The van der Waals surface area contributed by atoms with Gasteiger partial charge in [0.2, 0.25) is 7.37 Å². The molecule has 0 aliphatic carbocycles. The molecule has 2 atom stereocenters. The van der Waals surface area contributed by atoms with Gasteiger partial charge in [-0.2, -0.15) is 8.42 Å². The maximum absolute atomic E-state index is 13.4. The molecule has 194 valence electrons. The predicted molar refractivity (Wildman–Crippen MR) is 134 cm³/mol. The smallest absolute Gasteiger partial charge is 0.408 e. The van der Waals surface area contributed by atoms with E-state index in [0.29, 0.717) is 11.3 Å². The number of amides is 1. The lowest BCUT2D eigenvalue weighted by Crippen LogP contribution is -2.37. The Labute approximate surface area is 207 Å². The number of carbonyl (C=O) groups is 1. The van der Waals surface area contributed by atoms with Crippen LogP contribution >= 0.6 is 7.37 Å². The van der Waals surface area contributed by atoms with Gasteiger partial charge in [-0.05, 0) is 23.5 Å². The molecule has 2 aromatic rings. The highest BCUT2D eigenvalue weighted by Crippen LogP contribution is 2.51. The van der Waals surface area contributed by atoms with Crippen LogP contribution in [-0.4, -0.2) is 44.7 Å². The molecule has 0 saturated heterocycles. The quantitative estimate of drug-likeness (QED) is 0.305. The Morgan fingerprint density at radius 1 is 1.09 bits per heavy atom. The van der Waals surface area contributed by atoms with E-state index in [4.69, 9.17) is 13.7 Å². The Balaban J connectivity index is 2.16. The Morgan fingerprint density at radius 2 is 1.71 bits per heavy atom. The first kappa shape index (κ1) is 28.8. The number of alkyl carbamates (subject to hydrolysis) is 1. The van der Waals surface area contributed by atoms with E-state index in [1.54, 1.807) is 48.5 Å². The van der Waals surface area contributed by atoms with Gasteiger partial charge in [-0.3, -0.25) is 8.75 Å². The van der Waals surface area contributed by atoms with Crippen molar-refractivity contribution in [1.29, 1.82) is 0 Å². The molecule has 35 heavy (non-hydrogen) atoms. The molecule has 9 nitrogen and oxygen atoms in total. The fraction of sp³-hybridized carbons (Fsp3) is 0.458. The van der Waals surface area contributed by atoms with E-state index in [1.807, 2.05) is 26.8 Å². The van der Waals surface area contributed by atoms with Crippen molar-refractivity contribution in [3.8, 4) is 5.75 Å². The molecular formula is C24H34NO8PS. The topological polar surface area (TPSA) is 128 Å². The molecule has 2 rings (SSSR count). The van der Waals surface area contributed by atoms with Crippen LogP contribution < -0.4 is 10.1 Å². The second kappa shape index (κ2) is 12.5. The van der Waals surface area contributed by atoms with Crippen LogP contribution in [0.2, 0.25) is 0 Å². The van der Waals surface area contributed by atoms with Crippen molar-refractivity contribution in [3.05, 3.63) is 65.7 Å². The lowest BCUT2D eigenvalue weighted by Gasteiger charge is -2.25. The van der Waals surface area contributed by atoms with Crippen molar-refractivity contribution in [1.82, 2.24) is 5.32 Å². The summed E-state index contributed by atoms with van der Waals surface area (Å²) in [6.45, 7) is 5.39. The van der Waals surface area contributed by atoms with Gasteiger partial charge < -0.3 is 19.7 Å². The normalized spacial score (nSPS) is 14.5. The highest BCUT2D eigenvalue weighted by molar-refractivity contribution is 7.86. The van der Waals surface area contributed by atoms with E-state index >= 15 is 0 Å². The second-order valence-corrected chi connectivity index (χ2v) is 13.5. The van der Waals surface area contributed by atoms with Gasteiger partial charge in [0.25, 0.3) is 10.1 Å². The lowest BCUT2D eigenvalue weighted by atomic mass is 9.99. The maximum Gasteiger partial charge on any atom is 0.408 e. The fourth-order valence-electron chi connectivity index (χ4n) is 3.04. The molecule has 1 amide bonds. The molecule has 2 aromatic carbocycles. The average Bonchev–Trinajstić information content (AvgIpc) is 2.79. The summed E-state index contributed by atoms with van der Waals surface area (Å²) >= 11 is 0. The third-order valence-corrected chi connectivity index (χ3v) is 8.25. The Morgan fingerprint density at radius 3 is 2.34 bits per heavy atom. The molecule has 0 spiro atoms.